The third kappa shape index (κ3) is 5.86. The van der Waals surface area contributed by atoms with Gasteiger partial charge in [-0.1, -0.05) is 140 Å². The Bertz CT molecular complexity index is 2880. The zero-order valence-electron chi connectivity index (χ0n) is 29.3. The van der Waals surface area contributed by atoms with Crippen molar-refractivity contribution in [1.29, 1.82) is 0 Å². The monoisotopic (exact) mass is 688 g/mol. The molecule has 0 aliphatic carbocycles. The van der Waals surface area contributed by atoms with Gasteiger partial charge in [0.05, 0.1) is 22.4 Å². The van der Waals surface area contributed by atoms with Crippen molar-refractivity contribution >= 4 is 32.6 Å². The lowest BCUT2D eigenvalue weighted by Gasteiger charge is -2.15. The first-order valence-electron chi connectivity index (χ1n) is 18.1. The Hall–Kier alpha value is -7.30. The Morgan fingerprint density at radius 3 is 1.44 bits per heavy atom. The van der Waals surface area contributed by atoms with Crippen LogP contribution in [0.2, 0.25) is 0 Å². The minimum Gasteiger partial charge on any atom is -0.256 e. The van der Waals surface area contributed by atoms with E-state index in [1.807, 2.05) is 30.6 Å². The predicted molar refractivity (Wildman–Crippen MR) is 223 cm³/mol. The molecule has 0 bridgehead atoms. The van der Waals surface area contributed by atoms with Crippen LogP contribution < -0.4 is 0 Å². The van der Waals surface area contributed by atoms with Gasteiger partial charge in [-0.15, -0.1) is 0 Å². The normalized spacial score (nSPS) is 11.3. The van der Waals surface area contributed by atoms with Gasteiger partial charge in [0.1, 0.15) is 0 Å². The summed E-state index contributed by atoms with van der Waals surface area (Å²) in [6, 6.07) is 63.7. The maximum absolute atomic E-state index is 5.32. The van der Waals surface area contributed by atoms with E-state index in [1.165, 1.54) is 10.9 Å². The van der Waals surface area contributed by atoms with Crippen LogP contribution in [0, 0.1) is 0 Å². The third-order valence-corrected chi connectivity index (χ3v) is 10.1. The maximum Gasteiger partial charge on any atom is 0.160 e. The van der Waals surface area contributed by atoms with Crippen LogP contribution in [0.1, 0.15) is 0 Å². The van der Waals surface area contributed by atoms with Crippen molar-refractivity contribution in [2.24, 2.45) is 0 Å². The van der Waals surface area contributed by atoms with Crippen molar-refractivity contribution in [3.63, 3.8) is 0 Å². The molecule has 0 saturated carbocycles. The molecule has 10 rings (SSSR count). The molecule has 0 radical (unpaired) electrons. The molecule has 0 atom stereocenters. The summed E-state index contributed by atoms with van der Waals surface area (Å²) in [5.41, 5.74) is 13.1. The highest BCUT2D eigenvalue weighted by Crippen LogP contribution is 2.38. The highest BCUT2D eigenvalue weighted by Gasteiger charge is 2.16. The molecule has 4 heteroatoms. The van der Waals surface area contributed by atoms with Crippen LogP contribution in [-0.4, -0.2) is 19.9 Å². The Labute approximate surface area is 313 Å². The van der Waals surface area contributed by atoms with Crippen LogP contribution >= 0.6 is 0 Å². The summed E-state index contributed by atoms with van der Waals surface area (Å²) in [6.45, 7) is 0. The molecule has 0 saturated heterocycles. The number of nitrogens with zero attached hydrogens (tertiary/aromatic N) is 4. The zero-order valence-corrected chi connectivity index (χ0v) is 29.3. The first kappa shape index (κ1) is 31.4. The fourth-order valence-electron chi connectivity index (χ4n) is 7.43. The van der Waals surface area contributed by atoms with E-state index in [0.717, 1.165) is 83.1 Å². The molecular formula is C50H32N4. The van der Waals surface area contributed by atoms with Crippen LogP contribution in [0.5, 0.6) is 0 Å². The lowest BCUT2D eigenvalue weighted by molar-refractivity contribution is 1.18. The second-order valence-electron chi connectivity index (χ2n) is 13.5. The van der Waals surface area contributed by atoms with Crippen molar-refractivity contribution in [2.45, 2.75) is 0 Å². The molecule has 10 aromatic rings. The van der Waals surface area contributed by atoms with Gasteiger partial charge in [0, 0.05) is 51.0 Å². The fourth-order valence-corrected chi connectivity index (χ4v) is 7.43. The van der Waals surface area contributed by atoms with Crippen molar-refractivity contribution in [3.05, 3.63) is 194 Å². The van der Waals surface area contributed by atoms with E-state index in [4.69, 9.17) is 19.9 Å². The van der Waals surface area contributed by atoms with Gasteiger partial charge in [-0.2, -0.15) is 0 Å². The highest BCUT2D eigenvalue weighted by molar-refractivity contribution is 5.99. The average Bonchev–Trinajstić information content (AvgIpc) is 3.26. The van der Waals surface area contributed by atoms with Gasteiger partial charge in [-0.05, 0) is 75.5 Å². The first-order valence-corrected chi connectivity index (χ1v) is 18.1. The lowest BCUT2D eigenvalue weighted by Crippen LogP contribution is -1.97. The van der Waals surface area contributed by atoms with E-state index in [2.05, 4.69) is 164 Å². The Morgan fingerprint density at radius 2 is 0.778 bits per heavy atom. The maximum atomic E-state index is 5.32. The van der Waals surface area contributed by atoms with Crippen molar-refractivity contribution < 1.29 is 0 Å². The van der Waals surface area contributed by atoms with Crippen LogP contribution in [0.4, 0.5) is 0 Å². The molecule has 0 aliphatic rings. The molecule has 252 valence electrons. The van der Waals surface area contributed by atoms with Gasteiger partial charge in [0.25, 0.3) is 0 Å². The largest absolute Gasteiger partial charge is 0.256 e. The molecule has 0 spiro atoms. The van der Waals surface area contributed by atoms with E-state index >= 15 is 0 Å². The van der Waals surface area contributed by atoms with E-state index in [1.54, 1.807) is 0 Å². The summed E-state index contributed by atoms with van der Waals surface area (Å²) >= 11 is 0. The summed E-state index contributed by atoms with van der Waals surface area (Å²) < 4.78 is 0. The molecular weight excluding hydrogens is 657 g/mol. The van der Waals surface area contributed by atoms with E-state index < -0.39 is 0 Å². The standard InChI is InChI=1S/C50H32N4/c1-2-10-33(11-3-1)35-20-23-36(24-21-35)46-32-47(54-50(53-46)40-25-22-34-12-4-5-13-39(34)28-40)43-30-41(44-18-6-14-37-16-8-26-51-48(37)44)29-42(31-43)45-19-7-15-38-17-9-27-52-49(38)45/h1-32H. The number of para-hydroxylation sites is 2. The molecule has 7 aromatic carbocycles. The Morgan fingerprint density at radius 1 is 0.278 bits per heavy atom. The smallest absolute Gasteiger partial charge is 0.160 e. The van der Waals surface area contributed by atoms with Crippen molar-refractivity contribution in [2.75, 3.05) is 0 Å². The molecule has 0 N–H and O–H groups in total. The number of hydrogen-bond acceptors (Lipinski definition) is 4. The van der Waals surface area contributed by atoms with Crippen LogP contribution in [0.3, 0.4) is 0 Å². The Balaban J connectivity index is 1.21. The summed E-state index contributed by atoms with van der Waals surface area (Å²) in [7, 11) is 0. The Kier molecular flexibility index (Phi) is 7.77. The van der Waals surface area contributed by atoms with E-state index in [9.17, 15) is 0 Å². The van der Waals surface area contributed by atoms with Gasteiger partial charge in [0.2, 0.25) is 0 Å². The van der Waals surface area contributed by atoms with Crippen LogP contribution in [0.15, 0.2) is 194 Å². The highest BCUT2D eigenvalue weighted by atomic mass is 14.9. The zero-order chi connectivity index (χ0) is 35.8. The summed E-state index contributed by atoms with van der Waals surface area (Å²) in [4.78, 5) is 20.2. The second kappa shape index (κ2) is 13.4. The molecule has 3 heterocycles. The summed E-state index contributed by atoms with van der Waals surface area (Å²) in [6.07, 6.45) is 3.72. The molecule has 0 aliphatic heterocycles. The SMILES string of the molecule is c1ccc(-c2ccc(-c3cc(-c4cc(-c5cccc6cccnc56)cc(-c5cccc6cccnc56)c4)nc(-c4ccc5ccccc5c4)n3)cc2)cc1. The predicted octanol–water partition coefficient (Wildman–Crippen LogP) is 12.7. The van der Waals surface area contributed by atoms with E-state index in [0.29, 0.717) is 5.82 Å². The molecule has 54 heavy (non-hydrogen) atoms. The van der Waals surface area contributed by atoms with Gasteiger partial charge >= 0.3 is 0 Å². The fraction of sp³-hybridized carbons (Fsp3) is 0. The van der Waals surface area contributed by atoms with Crippen LogP contribution in [-0.2, 0) is 0 Å². The van der Waals surface area contributed by atoms with Gasteiger partial charge in [0.15, 0.2) is 5.82 Å². The number of benzene rings is 7. The minimum atomic E-state index is 0.672. The van der Waals surface area contributed by atoms with Crippen molar-refractivity contribution in [1.82, 2.24) is 19.9 Å². The van der Waals surface area contributed by atoms with Gasteiger partial charge in [-0.25, -0.2) is 9.97 Å². The molecule has 3 aromatic heterocycles. The van der Waals surface area contributed by atoms with Gasteiger partial charge < -0.3 is 0 Å². The van der Waals surface area contributed by atoms with E-state index in [-0.39, 0.29) is 0 Å². The topological polar surface area (TPSA) is 51.6 Å². The number of pyridine rings is 2. The van der Waals surface area contributed by atoms with Crippen molar-refractivity contribution in [3.8, 4) is 67.3 Å². The quantitative estimate of drug-likeness (QED) is 0.174. The molecule has 0 amide bonds. The number of aromatic nitrogens is 4. The second-order valence-corrected chi connectivity index (χ2v) is 13.5. The summed E-state index contributed by atoms with van der Waals surface area (Å²) in [5, 5.41) is 4.51. The third-order valence-electron chi connectivity index (χ3n) is 10.1. The molecule has 0 fully saturated rings. The summed E-state index contributed by atoms with van der Waals surface area (Å²) in [5.74, 6) is 0.672. The first-order chi connectivity index (χ1) is 26.7. The van der Waals surface area contributed by atoms with Gasteiger partial charge in [-0.3, -0.25) is 9.97 Å². The molecule has 4 nitrogen and oxygen atoms in total. The minimum absolute atomic E-state index is 0.672. The van der Waals surface area contributed by atoms with Crippen LogP contribution in [0.25, 0.3) is 99.9 Å². The number of rotatable bonds is 6. The average molecular weight is 689 g/mol. The molecule has 0 unspecified atom stereocenters. The number of fused-ring (bicyclic) bond motifs is 3. The number of hydrogen-bond donors (Lipinski definition) is 0. The lowest BCUT2D eigenvalue weighted by atomic mass is 9.92.